The topological polar surface area (TPSA) is 124 Å². The second-order valence-electron chi connectivity index (χ2n) is 6.60. The number of unbranched alkanes of at least 4 members (excludes halogenated alkanes) is 1. The number of H-pyrrole nitrogens is 1. The average molecular weight is 395 g/mol. The molecule has 0 saturated carbocycles. The van der Waals surface area contributed by atoms with Crippen LogP contribution in [0.2, 0.25) is 0 Å². The van der Waals surface area contributed by atoms with Crippen LogP contribution in [-0.4, -0.2) is 61.5 Å². The SMILES string of the molecule is C=[N+](CCCCC(O)c1ncn[nH]1)C(=O)CNC(=O)c1ccnc2ccccc12. The van der Waals surface area contributed by atoms with Crippen LogP contribution in [0.4, 0.5) is 0 Å². The van der Waals surface area contributed by atoms with Crippen LogP contribution in [0.25, 0.3) is 10.9 Å². The van der Waals surface area contributed by atoms with Crippen molar-refractivity contribution in [1.29, 1.82) is 0 Å². The van der Waals surface area contributed by atoms with Crippen molar-refractivity contribution in [2.45, 2.75) is 25.4 Å². The Morgan fingerprint density at radius 2 is 2.03 bits per heavy atom. The zero-order chi connectivity index (χ0) is 20.6. The Morgan fingerprint density at radius 3 is 2.83 bits per heavy atom. The zero-order valence-electron chi connectivity index (χ0n) is 15.9. The van der Waals surface area contributed by atoms with E-state index in [0.717, 1.165) is 10.9 Å². The van der Waals surface area contributed by atoms with Crippen LogP contribution < -0.4 is 5.32 Å². The molecule has 0 aliphatic carbocycles. The van der Waals surface area contributed by atoms with Crippen molar-refractivity contribution >= 4 is 29.4 Å². The summed E-state index contributed by atoms with van der Waals surface area (Å²) in [7, 11) is 0. The summed E-state index contributed by atoms with van der Waals surface area (Å²) in [5, 5.41) is 19.6. The van der Waals surface area contributed by atoms with Crippen LogP contribution in [0.5, 0.6) is 0 Å². The minimum absolute atomic E-state index is 0.139. The van der Waals surface area contributed by atoms with Crippen LogP contribution in [0.15, 0.2) is 42.9 Å². The van der Waals surface area contributed by atoms with Gasteiger partial charge in [0.2, 0.25) is 0 Å². The third kappa shape index (κ3) is 5.29. The molecule has 1 unspecified atom stereocenters. The van der Waals surface area contributed by atoms with Gasteiger partial charge in [-0.25, -0.2) is 9.78 Å². The molecule has 0 aliphatic heterocycles. The molecule has 0 fully saturated rings. The number of hydrogen-bond donors (Lipinski definition) is 3. The molecule has 2 aromatic heterocycles. The molecule has 3 N–H and O–H groups in total. The Morgan fingerprint density at radius 1 is 1.21 bits per heavy atom. The Labute approximate surface area is 167 Å². The number of carbonyl (C=O) groups is 2. The number of rotatable bonds is 9. The molecule has 29 heavy (non-hydrogen) atoms. The maximum atomic E-state index is 12.5. The predicted octanol–water partition coefficient (Wildman–Crippen LogP) is 1.23. The van der Waals surface area contributed by atoms with E-state index in [2.05, 4.69) is 32.2 Å². The number of hydrogen-bond acceptors (Lipinski definition) is 6. The average Bonchev–Trinajstić information content (AvgIpc) is 3.29. The number of aliphatic hydroxyl groups excluding tert-OH is 1. The maximum absolute atomic E-state index is 12.5. The van der Waals surface area contributed by atoms with Crippen molar-refractivity contribution in [1.82, 2.24) is 25.5 Å². The van der Waals surface area contributed by atoms with Gasteiger partial charge in [0.05, 0.1) is 11.1 Å². The third-order valence-corrected chi connectivity index (χ3v) is 4.55. The number of aromatic nitrogens is 4. The van der Waals surface area contributed by atoms with E-state index in [1.54, 1.807) is 12.3 Å². The number of fused-ring (bicyclic) bond motifs is 1. The number of pyridine rings is 1. The molecule has 9 heteroatoms. The highest BCUT2D eigenvalue weighted by Crippen LogP contribution is 2.16. The first-order chi connectivity index (χ1) is 14.1. The van der Waals surface area contributed by atoms with Crippen LogP contribution in [-0.2, 0) is 4.79 Å². The van der Waals surface area contributed by atoms with Gasteiger partial charge in [-0.3, -0.25) is 14.9 Å². The van der Waals surface area contributed by atoms with Crippen LogP contribution in [0.1, 0.15) is 41.5 Å². The Bertz CT molecular complexity index is 997. The van der Waals surface area contributed by atoms with Gasteiger partial charge in [-0.15, -0.1) is 0 Å². The largest absolute Gasteiger partial charge is 0.405 e. The molecule has 0 spiro atoms. The number of nitrogens with one attached hydrogen (secondary N) is 2. The zero-order valence-corrected chi connectivity index (χ0v) is 15.9. The fraction of sp³-hybridized carbons (Fsp3) is 0.300. The first-order valence-corrected chi connectivity index (χ1v) is 9.32. The Balaban J connectivity index is 1.42. The fourth-order valence-corrected chi connectivity index (χ4v) is 2.93. The Hall–Kier alpha value is -3.46. The number of nitrogens with zero attached hydrogens (tertiary/aromatic N) is 4. The molecular formula is C20H23N6O3+. The number of aromatic amines is 1. The van der Waals surface area contributed by atoms with Crippen molar-refractivity contribution in [3.8, 4) is 0 Å². The molecule has 0 bridgehead atoms. The first-order valence-electron chi connectivity index (χ1n) is 9.32. The Kier molecular flexibility index (Phi) is 6.75. The number of carbonyl (C=O) groups excluding carboxylic acids is 2. The standard InChI is InChI=1S/C20H22N6O3/c1-26(11-5-4-8-17(27)19-23-13-24-25-19)18(28)12-22-20(29)15-9-10-21-16-7-3-2-6-14(15)16/h2-3,6-7,9-10,13,17,27H,1,4-5,8,11-12H2,(H-,22,23,24,25,29)/p+1. The number of para-hydroxylation sites is 1. The van der Waals surface area contributed by atoms with Crippen molar-refractivity contribution < 1.29 is 19.3 Å². The highest BCUT2D eigenvalue weighted by molar-refractivity contribution is 6.06. The summed E-state index contributed by atoms with van der Waals surface area (Å²) in [5.41, 5.74) is 1.19. The fourth-order valence-electron chi connectivity index (χ4n) is 2.93. The predicted molar refractivity (Wildman–Crippen MR) is 107 cm³/mol. The lowest BCUT2D eigenvalue weighted by Crippen LogP contribution is -2.35. The number of amides is 2. The van der Waals surface area contributed by atoms with Crippen LogP contribution >= 0.6 is 0 Å². The van der Waals surface area contributed by atoms with Crippen molar-refractivity contribution in [3.05, 3.63) is 54.2 Å². The summed E-state index contributed by atoms with van der Waals surface area (Å²) in [6.07, 6.45) is 4.07. The van der Waals surface area contributed by atoms with Crippen LogP contribution in [0, 0.1) is 0 Å². The molecule has 0 radical (unpaired) electrons. The summed E-state index contributed by atoms with van der Waals surface area (Å²) < 4.78 is 1.33. The van der Waals surface area contributed by atoms with E-state index < -0.39 is 6.10 Å². The van der Waals surface area contributed by atoms with E-state index in [0.29, 0.717) is 37.2 Å². The lowest BCUT2D eigenvalue weighted by Gasteiger charge is -2.07. The van der Waals surface area contributed by atoms with Crippen LogP contribution in [0.3, 0.4) is 0 Å². The molecule has 1 atom stereocenters. The molecule has 2 amide bonds. The van der Waals surface area contributed by atoms with E-state index in [4.69, 9.17) is 0 Å². The molecule has 1 aromatic carbocycles. The van der Waals surface area contributed by atoms with Gasteiger partial charge in [0, 0.05) is 18.0 Å². The monoisotopic (exact) mass is 395 g/mol. The normalized spacial score (nSPS) is 11.9. The summed E-state index contributed by atoms with van der Waals surface area (Å²) in [6, 6.07) is 8.97. The molecule has 0 aliphatic rings. The maximum Gasteiger partial charge on any atom is 0.405 e. The van der Waals surface area contributed by atoms with Gasteiger partial charge in [0.25, 0.3) is 5.91 Å². The molecule has 3 rings (SSSR count). The summed E-state index contributed by atoms with van der Waals surface area (Å²) >= 11 is 0. The lowest BCUT2D eigenvalue weighted by molar-refractivity contribution is -0.440. The number of benzene rings is 1. The lowest BCUT2D eigenvalue weighted by atomic mass is 10.1. The van der Waals surface area contributed by atoms with Gasteiger partial charge in [-0.1, -0.05) is 18.2 Å². The highest BCUT2D eigenvalue weighted by Gasteiger charge is 2.18. The molecule has 2 heterocycles. The van der Waals surface area contributed by atoms with E-state index in [-0.39, 0.29) is 18.4 Å². The van der Waals surface area contributed by atoms with Gasteiger partial charge in [0.1, 0.15) is 25.7 Å². The van der Waals surface area contributed by atoms with E-state index >= 15 is 0 Å². The van der Waals surface area contributed by atoms with Gasteiger partial charge in [0.15, 0.2) is 12.4 Å². The van der Waals surface area contributed by atoms with Gasteiger partial charge in [-0.2, -0.15) is 9.67 Å². The molecule has 9 nitrogen and oxygen atoms in total. The molecule has 0 saturated heterocycles. The summed E-state index contributed by atoms with van der Waals surface area (Å²) in [5.74, 6) is -0.188. The number of aliphatic hydroxyl groups is 1. The highest BCUT2D eigenvalue weighted by atomic mass is 16.3. The third-order valence-electron chi connectivity index (χ3n) is 4.55. The van der Waals surface area contributed by atoms with E-state index in [1.165, 1.54) is 10.9 Å². The van der Waals surface area contributed by atoms with Crippen molar-refractivity contribution in [2.24, 2.45) is 0 Å². The van der Waals surface area contributed by atoms with Crippen molar-refractivity contribution in [3.63, 3.8) is 0 Å². The first kappa shape index (κ1) is 20.3. The quantitative estimate of drug-likeness (QED) is 0.284. The van der Waals surface area contributed by atoms with E-state index in [1.807, 2.05) is 24.3 Å². The second kappa shape index (κ2) is 9.65. The molecule has 150 valence electrons. The van der Waals surface area contributed by atoms with Gasteiger partial charge < -0.3 is 10.4 Å². The van der Waals surface area contributed by atoms with Gasteiger partial charge >= 0.3 is 5.91 Å². The van der Waals surface area contributed by atoms with E-state index in [9.17, 15) is 14.7 Å². The smallest absolute Gasteiger partial charge is 0.385 e. The molecule has 3 aromatic rings. The minimum Gasteiger partial charge on any atom is -0.385 e. The van der Waals surface area contributed by atoms with Gasteiger partial charge in [-0.05, 0) is 25.0 Å². The molecular weight excluding hydrogens is 372 g/mol. The summed E-state index contributed by atoms with van der Waals surface area (Å²) in [4.78, 5) is 32.8. The summed E-state index contributed by atoms with van der Waals surface area (Å²) in [6.45, 7) is 4.02. The second-order valence-corrected chi connectivity index (χ2v) is 6.60. The minimum atomic E-state index is -0.707. The van der Waals surface area contributed by atoms with Crippen molar-refractivity contribution in [2.75, 3.05) is 13.1 Å².